The van der Waals surface area contributed by atoms with Crippen molar-refractivity contribution >= 4 is 32.6 Å². The topological polar surface area (TPSA) is 102 Å². The Morgan fingerprint density at radius 2 is 1.83 bits per heavy atom. The largest absolute Gasteiger partial charge is 0.478 e. The van der Waals surface area contributed by atoms with Gasteiger partial charge in [-0.05, 0) is 82.6 Å². The average Bonchev–Trinajstić information content (AvgIpc) is 3.43. The summed E-state index contributed by atoms with van der Waals surface area (Å²) in [6.07, 6.45) is 3.89. The Hall–Kier alpha value is -4.84. The number of benzene rings is 4. The summed E-state index contributed by atoms with van der Waals surface area (Å²) in [5, 5.41) is 11.0. The first kappa shape index (κ1) is 27.3. The van der Waals surface area contributed by atoms with Crippen LogP contribution in [0.1, 0.15) is 38.2 Å². The predicted molar refractivity (Wildman–Crippen MR) is 166 cm³/mol. The minimum atomic E-state index is -3.32. The van der Waals surface area contributed by atoms with Crippen LogP contribution >= 0.6 is 0 Å². The number of aromatic nitrogens is 1. The van der Waals surface area contributed by atoms with Crippen LogP contribution in [0.15, 0.2) is 91.1 Å². The molecule has 5 aromatic rings. The van der Waals surface area contributed by atoms with E-state index in [0.717, 1.165) is 59.9 Å². The average molecular weight is 576 g/mol. The van der Waals surface area contributed by atoms with E-state index in [1.165, 1.54) is 11.1 Å². The minimum Gasteiger partial charge on any atom is -0.478 e. The smallest absolute Gasteiger partial charge is 0.336 e. The zero-order valence-corrected chi connectivity index (χ0v) is 23.8. The first-order valence-corrected chi connectivity index (χ1v) is 15.5. The Morgan fingerprint density at radius 3 is 2.67 bits per heavy atom. The molecule has 42 heavy (non-hydrogen) atoms. The van der Waals surface area contributed by atoms with Crippen molar-refractivity contribution in [2.45, 2.75) is 19.5 Å². The van der Waals surface area contributed by atoms with Crippen LogP contribution in [0.4, 0.5) is 5.69 Å². The van der Waals surface area contributed by atoms with E-state index >= 15 is 0 Å². The van der Waals surface area contributed by atoms with Gasteiger partial charge in [0.25, 0.3) is 0 Å². The van der Waals surface area contributed by atoms with Crippen molar-refractivity contribution in [1.29, 1.82) is 0 Å². The van der Waals surface area contributed by atoms with Gasteiger partial charge in [0.15, 0.2) is 0 Å². The summed E-state index contributed by atoms with van der Waals surface area (Å²) in [7, 11) is -3.32. The quantitative estimate of drug-likeness (QED) is 0.220. The summed E-state index contributed by atoms with van der Waals surface area (Å²) in [5.74, 6) is 5.54. The van der Waals surface area contributed by atoms with Crippen LogP contribution in [0, 0.1) is 11.8 Å². The molecule has 8 heteroatoms. The number of nitrogens with one attached hydrogen (secondary N) is 2. The van der Waals surface area contributed by atoms with Crippen molar-refractivity contribution in [1.82, 2.24) is 9.88 Å². The maximum absolute atomic E-state index is 12.1. The molecule has 0 fully saturated rings. The fourth-order valence-electron chi connectivity index (χ4n) is 5.52. The highest BCUT2D eigenvalue weighted by atomic mass is 32.2. The van der Waals surface area contributed by atoms with E-state index in [2.05, 4.69) is 38.6 Å². The van der Waals surface area contributed by atoms with Gasteiger partial charge >= 0.3 is 5.97 Å². The molecule has 6 rings (SSSR count). The van der Waals surface area contributed by atoms with Gasteiger partial charge in [0.05, 0.1) is 11.8 Å². The summed E-state index contributed by atoms with van der Waals surface area (Å²) in [6, 6.07) is 26.8. The predicted octanol–water partition coefficient (Wildman–Crippen LogP) is 5.86. The Kier molecular flexibility index (Phi) is 7.29. The number of nitrogens with zero attached hydrogens (tertiary/aromatic N) is 1. The second-order valence-corrected chi connectivity index (χ2v) is 12.3. The standard InChI is InChI=1S/C34H29N3O4S/c1-42(40,41)36-30-6-2-4-24(19-30)21-37-17-15-27-18-23(9-11-29(27)22-37)8-10-26-5-3-7-31(34(38)39)33(26)28-13-12-25-14-16-35-32(25)20-28/h2-7,9,11-14,16,18-20,35-36H,15,17,21-22H2,1H3,(H,38,39). The van der Waals surface area contributed by atoms with E-state index in [1.54, 1.807) is 18.2 Å². The van der Waals surface area contributed by atoms with E-state index in [0.29, 0.717) is 16.8 Å². The third kappa shape index (κ3) is 6.08. The van der Waals surface area contributed by atoms with Crippen LogP contribution in [0.3, 0.4) is 0 Å². The summed E-state index contributed by atoms with van der Waals surface area (Å²) in [5.41, 5.74) is 8.22. The first-order chi connectivity index (χ1) is 20.2. The van der Waals surface area contributed by atoms with Crippen molar-refractivity contribution in [3.63, 3.8) is 0 Å². The van der Waals surface area contributed by atoms with E-state index < -0.39 is 16.0 Å². The van der Waals surface area contributed by atoms with Crippen molar-refractivity contribution in [3.05, 3.63) is 125 Å². The molecule has 0 bridgehead atoms. The maximum Gasteiger partial charge on any atom is 0.336 e. The van der Waals surface area contributed by atoms with Crippen LogP contribution in [0.2, 0.25) is 0 Å². The highest BCUT2D eigenvalue weighted by Gasteiger charge is 2.18. The highest BCUT2D eigenvalue weighted by Crippen LogP contribution is 2.30. The van der Waals surface area contributed by atoms with Gasteiger partial charge in [-0.25, -0.2) is 13.2 Å². The molecule has 3 N–H and O–H groups in total. The van der Waals surface area contributed by atoms with Crippen LogP contribution in [-0.4, -0.2) is 42.2 Å². The zero-order valence-electron chi connectivity index (χ0n) is 23.0. The Morgan fingerprint density at radius 1 is 0.976 bits per heavy atom. The number of carboxylic acid groups (broad SMARTS) is 1. The molecule has 0 unspecified atom stereocenters. The Bertz CT molecular complexity index is 2000. The molecule has 1 aliphatic heterocycles. The van der Waals surface area contributed by atoms with Crippen LogP contribution < -0.4 is 4.72 Å². The molecule has 2 heterocycles. The number of H-pyrrole nitrogens is 1. The number of sulfonamides is 1. The number of aromatic carboxylic acids is 1. The molecule has 1 aromatic heterocycles. The molecule has 0 aliphatic carbocycles. The van der Waals surface area contributed by atoms with Gasteiger partial charge in [-0.15, -0.1) is 0 Å². The fraction of sp³-hybridized carbons (Fsp3) is 0.147. The van der Waals surface area contributed by atoms with Gasteiger partial charge in [0.1, 0.15) is 0 Å². The van der Waals surface area contributed by atoms with E-state index in [4.69, 9.17) is 0 Å². The van der Waals surface area contributed by atoms with E-state index in [-0.39, 0.29) is 5.56 Å². The van der Waals surface area contributed by atoms with Gasteiger partial charge in [0, 0.05) is 53.7 Å². The summed E-state index contributed by atoms with van der Waals surface area (Å²) in [6.45, 7) is 2.38. The molecular formula is C34H29N3O4S. The van der Waals surface area contributed by atoms with E-state index in [1.807, 2.05) is 60.8 Å². The Labute approximate surface area is 244 Å². The van der Waals surface area contributed by atoms with Gasteiger partial charge in [-0.2, -0.15) is 0 Å². The molecule has 0 spiro atoms. The second-order valence-electron chi connectivity index (χ2n) is 10.6. The molecule has 4 aromatic carbocycles. The summed E-state index contributed by atoms with van der Waals surface area (Å²) >= 11 is 0. The van der Waals surface area contributed by atoms with Crippen LogP contribution in [0.25, 0.3) is 22.0 Å². The number of hydrogen-bond acceptors (Lipinski definition) is 4. The van der Waals surface area contributed by atoms with Gasteiger partial charge in [0.2, 0.25) is 10.0 Å². The number of carboxylic acids is 1. The number of anilines is 1. The number of rotatable bonds is 6. The number of fused-ring (bicyclic) bond motifs is 2. The SMILES string of the molecule is CS(=O)(=O)Nc1cccc(CN2CCc3cc(C#Cc4cccc(C(=O)O)c4-c4ccc5cc[nH]c5c4)ccc3C2)c1. The first-order valence-electron chi connectivity index (χ1n) is 13.6. The zero-order chi connectivity index (χ0) is 29.3. The number of hydrogen-bond donors (Lipinski definition) is 3. The second kappa shape index (κ2) is 11.2. The van der Waals surface area contributed by atoms with Crippen LogP contribution in [-0.2, 0) is 29.5 Å². The van der Waals surface area contributed by atoms with E-state index in [9.17, 15) is 18.3 Å². The molecule has 0 atom stereocenters. The van der Waals surface area contributed by atoms with Crippen molar-refractivity contribution < 1.29 is 18.3 Å². The lowest BCUT2D eigenvalue weighted by Crippen LogP contribution is -2.30. The lowest BCUT2D eigenvalue weighted by Gasteiger charge is -2.29. The normalized spacial score (nSPS) is 13.3. The van der Waals surface area contributed by atoms with Crippen molar-refractivity contribution in [3.8, 4) is 23.0 Å². The molecule has 0 saturated carbocycles. The molecule has 210 valence electrons. The molecule has 1 aliphatic rings. The lowest BCUT2D eigenvalue weighted by atomic mass is 9.93. The highest BCUT2D eigenvalue weighted by molar-refractivity contribution is 7.92. The summed E-state index contributed by atoms with van der Waals surface area (Å²) < 4.78 is 25.7. The maximum atomic E-state index is 12.1. The fourth-order valence-corrected chi connectivity index (χ4v) is 6.07. The Balaban J connectivity index is 1.23. The number of aromatic amines is 1. The monoisotopic (exact) mass is 575 g/mol. The van der Waals surface area contributed by atoms with Gasteiger partial charge in [-0.1, -0.05) is 48.2 Å². The van der Waals surface area contributed by atoms with Gasteiger partial charge < -0.3 is 10.1 Å². The third-order valence-electron chi connectivity index (χ3n) is 7.41. The summed E-state index contributed by atoms with van der Waals surface area (Å²) in [4.78, 5) is 17.7. The molecule has 0 amide bonds. The number of carbonyl (C=O) groups is 1. The molecule has 7 nitrogen and oxygen atoms in total. The van der Waals surface area contributed by atoms with Crippen molar-refractivity contribution in [2.75, 3.05) is 17.5 Å². The molecular weight excluding hydrogens is 546 g/mol. The molecule has 0 radical (unpaired) electrons. The lowest BCUT2D eigenvalue weighted by molar-refractivity contribution is 0.0697. The third-order valence-corrected chi connectivity index (χ3v) is 8.02. The van der Waals surface area contributed by atoms with Crippen LogP contribution in [0.5, 0.6) is 0 Å². The minimum absolute atomic E-state index is 0.218. The van der Waals surface area contributed by atoms with Crippen molar-refractivity contribution in [2.24, 2.45) is 0 Å². The van der Waals surface area contributed by atoms with Gasteiger partial charge in [-0.3, -0.25) is 9.62 Å². The molecule has 0 saturated heterocycles.